The molecule has 27 heavy (non-hydrogen) atoms. The molecule has 8 heteroatoms. The van der Waals surface area contributed by atoms with Crippen molar-refractivity contribution in [2.24, 2.45) is 0 Å². The summed E-state index contributed by atoms with van der Waals surface area (Å²) in [6.45, 7) is -0.397. The number of nitriles is 1. The summed E-state index contributed by atoms with van der Waals surface area (Å²) < 4.78 is 13.4. The van der Waals surface area contributed by atoms with Gasteiger partial charge in [0.1, 0.15) is 11.9 Å². The molecule has 3 aromatic rings. The normalized spacial score (nSPS) is 12.0. The number of nitrogen functional groups attached to an aromatic ring is 1. The van der Waals surface area contributed by atoms with Crippen LogP contribution in [0.3, 0.4) is 0 Å². The van der Waals surface area contributed by atoms with E-state index in [9.17, 15) is 14.8 Å². The molecule has 1 unspecified atom stereocenters. The SMILES string of the molecule is N#Cc1cnc2c(CC(O)CO)cc(N)cc2c1Nc1ccc(F)c(Cl)c1. The van der Waals surface area contributed by atoms with Gasteiger partial charge in [-0.2, -0.15) is 5.26 Å². The highest BCUT2D eigenvalue weighted by Crippen LogP contribution is 2.33. The fourth-order valence-corrected chi connectivity index (χ4v) is 2.99. The molecule has 1 aromatic heterocycles. The Morgan fingerprint density at radius 3 is 2.78 bits per heavy atom. The molecule has 1 atom stereocenters. The number of anilines is 3. The highest BCUT2D eigenvalue weighted by molar-refractivity contribution is 6.31. The molecule has 0 saturated carbocycles. The van der Waals surface area contributed by atoms with Crippen molar-refractivity contribution in [3.05, 3.63) is 58.5 Å². The second-order valence-corrected chi connectivity index (χ2v) is 6.44. The van der Waals surface area contributed by atoms with Gasteiger partial charge in [0.15, 0.2) is 0 Å². The number of benzene rings is 2. The van der Waals surface area contributed by atoms with Crippen molar-refractivity contribution in [2.75, 3.05) is 17.7 Å². The van der Waals surface area contributed by atoms with Gasteiger partial charge >= 0.3 is 0 Å². The number of aliphatic hydroxyl groups excluding tert-OH is 2. The quantitative estimate of drug-likeness (QED) is 0.501. The molecule has 0 amide bonds. The first-order valence-electron chi connectivity index (χ1n) is 8.05. The van der Waals surface area contributed by atoms with Gasteiger partial charge in [0, 0.05) is 29.4 Å². The summed E-state index contributed by atoms with van der Waals surface area (Å²) in [6.07, 6.45) is 0.597. The standard InChI is InChI=1S/C19H16ClFN4O2/c20-16-6-13(1-2-17(16)21)25-19-11(7-22)8-24-18-10(4-14(27)9-26)3-12(23)5-15(18)19/h1-3,5-6,8,14,26-27H,4,9,23H2,(H,24,25). The number of pyridine rings is 1. The van der Waals surface area contributed by atoms with Crippen LogP contribution < -0.4 is 11.1 Å². The topological polar surface area (TPSA) is 115 Å². The van der Waals surface area contributed by atoms with Crippen molar-refractivity contribution in [3.8, 4) is 6.07 Å². The molecule has 0 spiro atoms. The smallest absolute Gasteiger partial charge is 0.141 e. The molecule has 0 saturated heterocycles. The Morgan fingerprint density at radius 2 is 2.11 bits per heavy atom. The maximum absolute atomic E-state index is 13.4. The van der Waals surface area contributed by atoms with Crippen LogP contribution in [0.25, 0.3) is 10.9 Å². The summed E-state index contributed by atoms with van der Waals surface area (Å²) in [5, 5.41) is 31.9. The van der Waals surface area contributed by atoms with E-state index in [1.54, 1.807) is 12.1 Å². The Bertz CT molecular complexity index is 1050. The second-order valence-electron chi connectivity index (χ2n) is 6.03. The van der Waals surface area contributed by atoms with Crippen LogP contribution in [0.2, 0.25) is 5.02 Å². The predicted molar refractivity (Wildman–Crippen MR) is 102 cm³/mol. The highest BCUT2D eigenvalue weighted by Gasteiger charge is 2.15. The summed E-state index contributed by atoms with van der Waals surface area (Å²) in [4.78, 5) is 4.32. The fourth-order valence-electron chi connectivity index (χ4n) is 2.81. The minimum atomic E-state index is -0.959. The summed E-state index contributed by atoms with van der Waals surface area (Å²) >= 11 is 5.83. The fraction of sp³-hybridized carbons (Fsp3) is 0.158. The van der Waals surface area contributed by atoms with Crippen molar-refractivity contribution in [2.45, 2.75) is 12.5 Å². The van der Waals surface area contributed by atoms with Crippen LogP contribution in [0.5, 0.6) is 0 Å². The first-order valence-corrected chi connectivity index (χ1v) is 8.43. The van der Waals surface area contributed by atoms with Gasteiger partial charge in [0.25, 0.3) is 0 Å². The van der Waals surface area contributed by atoms with E-state index < -0.39 is 18.5 Å². The van der Waals surface area contributed by atoms with Crippen LogP contribution in [0.15, 0.2) is 36.5 Å². The summed E-state index contributed by atoms with van der Waals surface area (Å²) in [7, 11) is 0. The number of aliphatic hydroxyl groups is 2. The van der Waals surface area contributed by atoms with Gasteiger partial charge in [0.05, 0.1) is 34.5 Å². The number of halogens is 2. The zero-order valence-electron chi connectivity index (χ0n) is 14.1. The summed E-state index contributed by atoms with van der Waals surface area (Å²) in [6, 6.07) is 9.51. The molecule has 0 aliphatic heterocycles. The van der Waals surface area contributed by atoms with Gasteiger partial charge in [-0.05, 0) is 35.9 Å². The lowest BCUT2D eigenvalue weighted by molar-refractivity contribution is 0.0957. The van der Waals surface area contributed by atoms with E-state index in [2.05, 4.69) is 16.4 Å². The lowest BCUT2D eigenvalue weighted by Crippen LogP contribution is -2.15. The maximum Gasteiger partial charge on any atom is 0.141 e. The van der Waals surface area contributed by atoms with Gasteiger partial charge in [-0.15, -0.1) is 0 Å². The van der Waals surface area contributed by atoms with E-state index in [-0.39, 0.29) is 17.0 Å². The van der Waals surface area contributed by atoms with Gasteiger partial charge < -0.3 is 21.3 Å². The first-order chi connectivity index (χ1) is 12.9. The molecule has 0 bridgehead atoms. The Balaban J connectivity index is 2.17. The van der Waals surface area contributed by atoms with Crippen molar-refractivity contribution in [1.29, 1.82) is 5.26 Å². The van der Waals surface area contributed by atoms with Crippen LogP contribution in [-0.2, 0) is 6.42 Å². The Morgan fingerprint density at radius 1 is 1.33 bits per heavy atom. The molecule has 3 rings (SSSR count). The Kier molecular flexibility index (Phi) is 5.42. The van der Waals surface area contributed by atoms with Gasteiger partial charge in [-0.1, -0.05) is 11.6 Å². The monoisotopic (exact) mass is 386 g/mol. The van der Waals surface area contributed by atoms with Crippen LogP contribution in [0.4, 0.5) is 21.5 Å². The Labute approximate surface area is 159 Å². The second kappa shape index (κ2) is 7.76. The van der Waals surface area contributed by atoms with Crippen molar-refractivity contribution in [1.82, 2.24) is 4.98 Å². The number of hydrogen-bond acceptors (Lipinski definition) is 6. The number of hydrogen-bond donors (Lipinski definition) is 4. The van der Waals surface area contributed by atoms with Crippen LogP contribution in [0.1, 0.15) is 11.1 Å². The molecule has 0 fully saturated rings. The van der Waals surface area contributed by atoms with Gasteiger partial charge in [-0.25, -0.2) is 4.39 Å². The van der Waals surface area contributed by atoms with E-state index in [1.807, 2.05) is 0 Å². The molecular formula is C19H16ClFN4O2. The third kappa shape index (κ3) is 3.93. The van der Waals surface area contributed by atoms with Crippen LogP contribution in [-0.4, -0.2) is 27.9 Å². The molecule has 6 nitrogen and oxygen atoms in total. The number of nitrogens with two attached hydrogens (primary N) is 1. The summed E-state index contributed by atoms with van der Waals surface area (Å²) in [5.41, 5.74) is 8.77. The molecule has 1 heterocycles. The molecule has 2 aromatic carbocycles. The first kappa shape index (κ1) is 18.9. The molecule has 0 aliphatic rings. The average Bonchev–Trinajstić information content (AvgIpc) is 2.65. The van der Waals surface area contributed by atoms with E-state index in [4.69, 9.17) is 22.4 Å². The minimum Gasteiger partial charge on any atom is -0.399 e. The minimum absolute atomic E-state index is 0.0526. The van der Waals surface area contributed by atoms with E-state index in [1.165, 1.54) is 24.4 Å². The number of rotatable bonds is 5. The zero-order chi connectivity index (χ0) is 19.6. The van der Waals surface area contributed by atoms with E-state index in [0.717, 1.165) is 0 Å². The van der Waals surface area contributed by atoms with Crippen LogP contribution >= 0.6 is 11.6 Å². The molecular weight excluding hydrogens is 371 g/mol. The number of nitrogens with one attached hydrogen (secondary N) is 1. The molecule has 0 radical (unpaired) electrons. The largest absolute Gasteiger partial charge is 0.399 e. The maximum atomic E-state index is 13.4. The summed E-state index contributed by atoms with van der Waals surface area (Å²) in [5.74, 6) is -0.549. The molecule has 5 N–H and O–H groups in total. The van der Waals surface area contributed by atoms with E-state index in [0.29, 0.717) is 33.5 Å². The van der Waals surface area contributed by atoms with Gasteiger partial charge in [-0.3, -0.25) is 4.98 Å². The third-order valence-electron chi connectivity index (χ3n) is 4.05. The Hall–Kier alpha value is -2.92. The van der Waals surface area contributed by atoms with Crippen molar-refractivity contribution < 1.29 is 14.6 Å². The molecule has 0 aliphatic carbocycles. The van der Waals surface area contributed by atoms with Crippen molar-refractivity contribution in [3.63, 3.8) is 0 Å². The van der Waals surface area contributed by atoms with Crippen molar-refractivity contribution >= 4 is 39.6 Å². The van der Waals surface area contributed by atoms with Crippen LogP contribution in [0, 0.1) is 17.1 Å². The van der Waals surface area contributed by atoms with E-state index >= 15 is 0 Å². The number of aromatic nitrogens is 1. The van der Waals surface area contributed by atoms with Gasteiger partial charge in [0.2, 0.25) is 0 Å². The lowest BCUT2D eigenvalue weighted by Gasteiger charge is -2.16. The lowest BCUT2D eigenvalue weighted by atomic mass is 10.0. The highest BCUT2D eigenvalue weighted by atomic mass is 35.5. The number of nitrogens with zero attached hydrogens (tertiary/aromatic N) is 2. The third-order valence-corrected chi connectivity index (χ3v) is 4.34. The predicted octanol–water partition coefficient (Wildman–Crippen LogP) is 3.12. The number of fused-ring (bicyclic) bond motifs is 1. The molecule has 138 valence electrons. The average molecular weight is 387 g/mol. The zero-order valence-corrected chi connectivity index (χ0v) is 14.8.